The third-order valence-electron chi connectivity index (χ3n) is 3.27. The lowest BCUT2D eigenvalue weighted by Gasteiger charge is -2.07. The molecular formula is C15H10Cl2N2O3. The highest BCUT2D eigenvalue weighted by Gasteiger charge is 2.21. The number of imidazole rings is 1. The van der Waals surface area contributed by atoms with Crippen LogP contribution in [0.1, 0.15) is 10.4 Å². The Labute approximate surface area is 135 Å². The third-order valence-corrected chi connectivity index (χ3v) is 3.90. The van der Waals surface area contributed by atoms with Gasteiger partial charge in [-0.15, -0.1) is 0 Å². The Kier molecular flexibility index (Phi) is 3.68. The van der Waals surface area contributed by atoms with E-state index < -0.39 is 11.6 Å². The number of halogens is 2. The number of ether oxygens (including phenoxy) is 1. The van der Waals surface area contributed by atoms with Crippen molar-refractivity contribution in [3.05, 3.63) is 62.5 Å². The highest BCUT2D eigenvalue weighted by Crippen LogP contribution is 2.26. The zero-order valence-electron chi connectivity index (χ0n) is 11.4. The van der Waals surface area contributed by atoms with E-state index in [9.17, 15) is 9.59 Å². The Morgan fingerprint density at radius 1 is 1.18 bits per heavy atom. The standard InChI is InChI=1S/C15H10Cl2N2O3/c1-22-8-5-6-12-11(7-8)18-15(21)19(12)14(20)13-9(16)3-2-4-10(13)17/h2-7H,1H3,(H,18,21). The number of fused-ring (bicyclic) bond motifs is 1. The summed E-state index contributed by atoms with van der Waals surface area (Å²) in [6.07, 6.45) is 0. The van der Waals surface area contributed by atoms with Gasteiger partial charge in [0, 0.05) is 6.07 Å². The van der Waals surface area contributed by atoms with Gasteiger partial charge in [0.05, 0.1) is 33.8 Å². The van der Waals surface area contributed by atoms with Crippen molar-refractivity contribution < 1.29 is 9.53 Å². The first kappa shape index (κ1) is 14.7. The molecule has 0 amide bonds. The SMILES string of the molecule is COc1ccc2c(c1)[nH]c(=O)n2C(=O)c1c(Cl)cccc1Cl. The molecule has 0 atom stereocenters. The van der Waals surface area contributed by atoms with E-state index in [4.69, 9.17) is 27.9 Å². The molecule has 0 saturated carbocycles. The Morgan fingerprint density at radius 2 is 1.86 bits per heavy atom. The van der Waals surface area contributed by atoms with Crippen LogP contribution in [0.2, 0.25) is 10.0 Å². The van der Waals surface area contributed by atoms with Crippen LogP contribution in [-0.4, -0.2) is 22.6 Å². The smallest absolute Gasteiger partial charge is 0.333 e. The van der Waals surface area contributed by atoms with E-state index in [-0.39, 0.29) is 15.6 Å². The number of nitrogens with zero attached hydrogens (tertiary/aromatic N) is 1. The minimum absolute atomic E-state index is 0.0876. The van der Waals surface area contributed by atoms with Crippen LogP contribution in [0.3, 0.4) is 0 Å². The van der Waals surface area contributed by atoms with E-state index >= 15 is 0 Å². The van der Waals surface area contributed by atoms with Crippen molar-refractivity contribution in [3.8, 4) is 5.75 Å². The number of benzene rings is 2. The zero-order valence-corrected chi connectivity index (χ0v) is 12.9. The maximum atomic E-state index is 12.7. The molecule has 0 unspecified atom stereocenters. The number of aromatic amines is 1. The molecule has 0 aliphatic carbocycles. The minimum atomic E-state index is -0.586. The van der Waals surface area contributed by atoms with Crippen LogP contribution in [0, 0.1) is 0 Å². The molecule has 22 heavy (non-hydrogen) atoms. The normalized spacial score (nSPS) is 10.9. The average molecular weight is 337 g/mol. The number of hydrogen-bond acceptors (Lipinski definition) is 3. The molecule has 2 aromatic carbocycles. The third kappa shape index (κ3) is 2.28. The molecule has 1 heterocycles. The van der Waals surface area contributed by atoms with Crippen LogP contribution >= 0.6 is 23.2 Å². The lowest BCUT2D eigenvalue weighted by Crippen LogP contribution is -2.25. The molecular weight excluding hydrogens is 327 g/mol. The van der Waals surface area contributed by atoms with Crippen molar-refractivity contribution >= 4 is 40.1 Å². The maximum absolute atomic E-state index is 12.7. The fourth-order valence-electron chi connectivity index (χ4n) is 2.23. The lowest BCUT2D eigenvalue weighted by atomic mass is 10.2. The molecule has 0 bridgehead atoms. The van der Waals surface area contributed by atoms with Crippen LogP contribution in [0.15, 0.2) is 41.2 Å². The van der Waals surface area contributed by atoms with Crippen molar-refractivity contribution in [2.45, 2.75) is 0 Å². The second-order valence-corrected chi connectivity index (χ2v) is 5.36. The Hall–Kier alpha value is -2.24. The van der Waals surface area contributed by atoms with Gasteiger partial charge in [-0.3, -0.25) is 4.79 Å². The fraction of sp³-hybridized carbons (Fsp3) is 0.0667. The van der Waals surface area contributed by atoms with Crippen LogP contribution in [0.25, 0.3) is 11.0 Å². The number of hydrogen-bond donors (Lipinski definition) is 1. The van der Waals surface area contributed by atoms with Gasteiger partial charge in [-0.25, -0.2) is 9.36 Å². The van der Waals surface area contributed by atoms with Crippen molar-refractivity contribution in [1.29, 1.82) is 0 Å². The quantitative estimate of drug-likeness (QED) is 0.780. The molecule has 1 aromatic heterocycles. The largest absolute Gasteiger partial charge is 0.497 e. The monoisotopic (exact) mass is 336 g/mol. The molecule has 0 aliphatic heterocycles. The van der Waals surface area contributed by atoms with Crippen molar-refractivity contribution in [3.63, 3.8) is 0 Å². The number of rotatable bonds is 2. The molecule has 0 aliphatic rings. The van der Waals surface area contributed by atoms with E-state index in [1.54, 1.807) is 36.4 Å². The Bertz CT molecular complexity index is 923. The summed E-state index contributed by atoms with van der Waals surface area (Å²) in [5.41, 5.74) is 0.432. The van der Waals surface area contributed by atoms with Gasteiger partial charge in [-0.2, -0.15) is 0 Å². The Morgan fingerprint density at radius 3 is 2.50 bits per heavy atom. The summed E-state index contributed by atoms with van der Waals surface area (Å²) >= 11 is 12.1. The van der Waals surface area contributed by atoms with Gasteiger partial charge in [0.2, 0.25) is 0 Å². The van der Waals surface area contributed by atoms with Crippen LogP contribution < -0.4 is 10.4 Å². The van der Waals surface area contributed by atoms with Gasteiger partial charge in [-0.1, -0.05) is 29.3 Å². The van der Waals surface area contributed by atoms with Gasteiger partial charge < -0.3 is 9.72 Å². The predicted octanol–water partition coefficient (Wildman–Crippen LogP) is 3.33. The summed E-state index contributed by atoms with van der Waals surface area (Å²) in [7, 11) is 1.52. The van der Waals surface area contributed by atoms with Crippen molar-refractivity contribution in [1.82, 2.24) is 9.55 Å². The molecule has 0 fully saturated rings. The first-order valence-corrected chi connectivity index (χ1v) is 7.06. The fourth-order valence-corrected chi connectivity index (χ4v) is 2.79. The summed E-state index contributed by atoms with van der Waals surface area (Å²) < 4.78 is 6.10. The van der Waals surface area contributed by atoms with E-state index in [1.165, 1.54) is 7.11 Å². The van der Waals surface area contributed by atoms with Gasteiger partial charge in [0.25, 0.3) is 5.91 Å². The topological polar surface area (TPSA) is 64.1 Å². The number of aromatic nitrogens is 2. The molecule has 0 saturated heterocycles. The second kappa shape index (κ2) is 5.51. The highest BCUT2D eigenvalue weighted by molar-refractivity contribution is 6.39. The molecule has 5 nitrogen and oxygen atoms in total. The molecule has 3 aromatic rings. The van der Waals surface area contributed by atoms with Crippen molar-refractivity contribution in [2.75, 3.05) is 7.11 Å². The number of methoxy groups -OCH3 is 1. The maximum Gasteiger partial charge on any atom is 0.333 e. The van der Waals surface area contributed by atoms with Crippen LogP contribution in [0.4, 0.5) is 0 Å². The van der Waals surface area contributed by atoms with Gasteiger partial charge in [0.1, 0.15) is 5.75 Å². The van der Waals surface area contributed by atoms with E-state index in [0.717, 1.165) is 4.57 Å². The number of H-pyrrole nitrogens is 1. The summed E-state index contributed by atoms with van der Waals surface area (Å²) in [5.74, 6) is -0.0128. The predicted molar refractivity (Wildman–Crippen MR) is 85.3 cm³/mol. The number of carbonyl (C=O) groups is 1. The first-order chi connectivity index (χ1) is 10.5. The first-order valence-electron chi connectivity index (χ1n) is 6.30. The number of nitrogens with one attached hydrogen (secondary N) is 1. The zero-order chi connectivity index (χ0) is 15.9. The van der Waals surface area contributed by atoms with Crippen molar-refractivity contribution in [2.24, 2.45) is 0 Å². The summed E-state index contributed by atoms with van der Waals surface area (Å²) in [6.45, 7) is 0. The number of carbonyl (C=O) groups excluding carboxylic acids is 1. The highest BCUT2D eigenvalue weighted by atomic mass is 35.5. The van der Waals surface area contributed by atoms with Gasteiger partial charge >= 0.3 is 5.69 Å². The lowest BCUT2D eigenvalue weighted by molar-refractivity contribution is 0.0961. The molecule has 0 radical (unpaired) electrons. The molecule has 0 spiro atoms. The van der Waals surface area contributed by atoms with E-state index in [1.807, 2.05) is 0 Å². The van der Waals surface area contributed by atoms with Crippen LogP contribution in [0.5, 0.6) is 5.75 Å². The molecule has 112 valence electrons. The summed E-state index contributed by atoms with van der Waals surface area (Å²) in [6, 6.07) is 9.63. The summed E-state index contributed by atoms with van der Waals surface area (Å²) in [4.78, 5) is 27.4. The Balaban J connectivity index is 2.24. The van der Waals surface area contributed by atoms with Gasteiger partial charge in [0.15, 0.2) is 0 Å². The van der Waals surface area contributed by atoms with Gasteiger partial charge in [-0.05, 0) is 24.3 Å². The van der Waals surface area contributed by atoms with E-state index in [0.29, 0.717) is 16.8 Å². The summed E-state index contributed by atoms with van der Waals surface area (Å²) in [5, 5.41) is 0.375. The van der Waals surface area contributed by atoms with Crippen LogP contribution in [-0.2, 0) is 0 Å². The minimum Gasteiger partial charge on any atom is -0.497 e. The van der Waals surface area contributed by atoms with E-state index in [2.05, 4.69) is 4.98 Å². The second-order valence-electron chi connectivity index (χ2n) is 4.55. The molecule has 3 rings (SSSR count). The molecule has 7 heteroatoms. The average Bonchev–Trinajstić information content (AvgIpc) is 2.81. The molecule has 1 N–H and O–H groups in total.